The monoisotopic (exact) mass is 206 g/mol. The van der Waals surface area contributed by atoms with Crippen LogP contribution in [0.2, 0.25) is 0 Å². The van der Waals surface area contributed by atoms with Gasteiger partial charge in [0.15, 0.2) is 0 Å². The van der Waals surface area contributed by atoms with Crippen molar-refractivity contribution in [3.63, 3.8) is 0 Å². The van der Waals surface area contributed by atoms with Crippen LogP contribution < -0.4 is 0 Å². The highest BCUT2D eigenvalue weighted by Gasteiger charge is 2.21. The lowest BCUT2D eigenvalue weighted by Crippen LogP contribution is -2.18. The number of aryl methyl sites for hydroxylation is 1. The number of rotatable bonds is 5. The van der Waals surface area contributed by atoms with Gasteiger partial charge in [-0.3, -0.25) is 4.79 Å². The summed E-state index contributed by atoms with van der Waals surface area (Å²) >= 11 is 0. The van der Waals surface area contributed by atoms with Gasteiger partial charge in [-0.2, -0.15) is 0 Å². The summed E-state index contributed by atoms with van der Waals surface area (Å²) in [6.45, 7) is 2.97. The minimum Gasteiger partial charge on any atom is -0.335 e. The van der Waals surface area contributed by atoms with Gasteiger partial charge in [-0.05, 0) is 12.8 Å². The number of hydrogen-bond acceptors (Lipinski definition) is 2. The highest BCUT2D eigenvalue weighted by atomic mass is 16.1. The molecule has 1 aromatic rings. The van der Waals surface area contributed by atoms with E-state index in [0.717, 1.165) is 18.8 Å². The van der Waals surface area contributed by atoms with Crippen molar-refractivity contribution < 1.29 is 4.79 Å². The van der Waals surface area contributed by atoms with Crippen molar-refractivity contribution in [1.29, 1.82) is 0 Å². The number of carbonyl (C=O) groups excluding carboxylic acids is 1. The molecule has 1 aliphatic carbocycles. The Hall–Kier alpha value is -1.12. The third-order valence-electron chi connectivity index (χ3n) is 3.24. The largest absolute Gasteiger partial charge is 0.335 e. The van der Waals surface area contributed by atoms with E-state index in [4.69, 9.17) is 0 Å². The van der Waals surface area contributed by atoms with Crippen LogP contribution in [-0.4, -0.2) is 15.3 Å². The summed E-state index contributed by atoms with van der Waals surface area (Å²) in [5, 5.41) is 0. The summed E-state index contributed by atoms with van der Waals surface area (Å²) in [7, 11) is 0. The highest BCUT2D eigenvalue weighted by Crippen LogP contribution is 2.29. The highest BCUT2D eigenvalue weighted by molar-refractivity contribution is 5.80. The van der Waals surface area contributed by atoms with E-state index in [1.807, 2.05) is 10.8 Å². The van der Waals surface area contributed by atoms with Crippen LogP contribution in [-0.2, 0) is 17.8 Å². The van der Waals surface area contributed by atoms with Crippen LogP contribution in [0.3, 0.4) is 0 Å². The van der Waals surface area contributed by atoms with Gasteiger partial charge in [0.1, 0.15) is 11.6 Å². The Bertz CT molecular complexity index is 339. The van der Waals surface area contributed by atoms with E-state index in [-0.39, 0.29) is 0 Å². The van der Waals surface area contributed by atoms with Gasteiger partial charge in [0.2, 0.25) is 0 Å². The first-order valence-electron chi connectivity index (χ1n) is 5.81. The molecule has 15 heavy (non-hydrogen) atoms. The third-order valence-corrected chi connectivity index (χ3v) is 3.24. The number of nitrogens with zero attached hydrogens (tertiary/aromatic N) is 2. The summed E-state index contributed by atoms with van der Waals surface area (Å²) in [5.74, 6) is 1.94. The van der Waals surface area contributed by atoms with Crippen molar-refractivity contribution in [3.8, 4) is 0 Å². The molecule has 1 fully saturated rings. The Morgan fingerprint density at radius 3 is 3.00 bits per heavy atom. The topological polar surface area (TPSA) is 34.9 Å². The summed E-state index contributed by atoms with van der Waals surface area (Å²) in [6.07, 6.45) is 8.78. The summed E-state index contributed by atoms with van der Waals surface area (Å²) in [4.78, 5) is 15.9. The smallest absolute Gasteiger partial charge is 0.140 e. The molecule has 82 valence electrons. The first-order chi connectivity index (χ1) is 7.29. The Kier molecular flexibility index (Phi) is 3.19. The minimum atomic E-state index is 0.348. The zero-order chi connectivity index (χ0) is 10.7. The Morgan fingerprint density at radius 1 is 1.60 bits per heavy atom. The van der Waals surface area contributed by atoms with E-state index in [1.54, 1.807) is 6.20 Å². The molecule has 0 N–H and O–H groups in total. The zero-order valence-corrected chi connectivity index (χ0v) is 9.28. The van der Waals surface area contributed by atoms with Gasteiger partial charge in [-0.15, -0.1) is 0 Å². The van der Waals surface area contributed by atoms with E-state index >= 15 is 0 Å². The number of Topliss-reactive ketones (excluding diaryl/α,β-unsaturated/α-hetero) is 1. The molecule has 0 aliphatic heterocycles. The Balaban J connectivity index is 1.87. The first kappa shape index (κ1) is 10.4. The summed E-state index contributed by atoms with van der Waals surface area (Å²) < 4.78 is 2.04. The average Bonchev–Trinajstić information content (AvgIpc) is 2.59. The molecule has 1 aromatic heterocycles. The van der Waals surface area contributed by atoms with E-state index in [9.17, 15) is 4.79 Å². The van der Waals surface area contributed by atoms with Gasteiger partial charge in [-0.25, -0.2) is 4.98 Å². The molecule has 3 heteroatoms. The lowest BCUT2D eigenvalue weighted by atomic mass is 9.81. The maximum atomic E-state index is 11.7. The van der Waals surface area contributed by atoms with Crippen LogP contribution in [0.1, 0.15) is 38.4 Å². The Labute approximate surface area is 90.5 Å². The lowest BCUT2D eigenvalue weighted by molar-refractivity contribution is -0.120. The molecule has 3 nitrogen and oxygen atoms in total. The second-order valence-corrected chi connectivity index (χ2v) is 4.35. The van der Waals surface area contributed by atoms with Crippen molar-refractivity contribution in [2.24, 2.45) is 5.92 Å². The number of ketones is 1. The SMILES string of the molecule is CCn1ccnc1CC(=O)CC1CCC1. The van der Waals surface area contributed by atoms with Crippen molar-refractivity contribution in [2.45, 2.75) is 45.6 Å². The molecule has 0 spiro atoms. The van der Waals surface area contributed by atoms with Gasteiger partial charge in [0.05, 0.1) is 6.42 Å². The normalized spacial score (nSPS) is 16.3. The molecule has 1 aliphatic rings. The minimum absolute atomic E-state index is 0.348. The molecule has 0 amide bonds. The van der Waals surface area contributed by atoms with Crippen LogP contribution in [0.15, 0.2) is 12.4 Å². The number of hydrogen-bond donors (Lipinski definition) is 0. The van der Waals surface area contributed by atoms with Crippen molar-refractivity contribution in [1.82, 2.24) is 9.55 Å². The van der Waals surface area contributed by atoms with E-state index in [1.165, 1.54) is 19.3 Å². The second kappa shape index (κ2) is 4.60. The average molecular weight is 206 g/mol. The van der Waals surface area contributed by atoms with E-state index < -0.39 is 0 Å². The van der Waals surface area contributed by atoms with E-state index in [0.29, 0.717) is 18.1 Å². The molecule has 0 saturated heterocycles. The molecule has 0 bridgehead atoms. The maximum absolute atomic E-state index is 11.7. The molecule has 1 saturated carbocycles. The van der Waals surface area contributed by atoms with Crippen LogP contribution in [0.4, 0.5) is 0 Å². The van der Waals surface area contributed by atoms with Crippen molar-refractivity contribution >= 4 is 5.78 Å². The molecular formula is C12H18N2O. The van der Waals surface area contributed by atoms with Crippen LogP contribution >= 0.6 is 0 Å². The fourth-order valence-electron chi connectivity index (χ4n) is 2.06. The fourth-order valence-corrected chi connectivity index (χ4v) is 2.06. The molecule has 1 heterocycles. The summed E-state index contributed by atoms with van der Waals surface area (Å²) in [6, 6.07) is 0. The number of aromatic nitrogens is 2. The van der Waals surface area contributed by atoms with Crippen LogP contribution in [0, 0.1) is 5.92 Å². The Morgan fingerprint density at radius 2 is 2.40 bits per heavy atom. The standard InChI is InChI=1S/C12H18N2O/c1-2-14-7-6-13-12(14)9-11(15)8-10-4-3-5-10/h6-7,10H,2-5,8-9H2,1H3. The molecule has 0 aromatic carbocycles. The second-order valence-electron chi connectivity index (χ2n) is 4.35. The predicted octanol–water partition coefficient (Wildman–Crippen LogP) is 2.20. The van der Waals surface area contributed by atoms with Gasteiger partial charge < -0.3 is 4.57 Å². The number of imidazole rings is 1. The van der Waals surface area contributed by atoms with Crippen molar-refractivity contribution in [3.05, 3.63) is 18.2 Å². The zero-order valence-electron chi connectivity index (χ0n) is 9.28. The molecule has 2 rings (SSSR count). The van der Waals surface area contributed by atoms with Crippen LogP contribution in [0.5, 0.6) is 0 Å². The lowest BCUT2D eigenvalue weighted by Gasteiger charge is -2.24. The molecule has 0 unspecified atom stereocenters. The quantitative estimate of drug-likeness (QED) is 0.740. The molecule has 0 atom stereocenters. The van der Waals surface area contributed by atoms with Crippen molar-refractivity contribution in [2.75, 3.05) is 0 Å². The van der Waals surface area contributed by atoms with Gasteiger partial charge in [0, 0.05) is 25.4 Å². The fraction of sp³-hybridized carbons (Fsp3) is 0.667. The van der Waals surface area contributed by atoms with Gasteiger partial charge in [-0.1, -0.05) is 19.3 Å². The first-order valence-corrected chi connectivity index (χ1v) is 5.81. The third kappa shape index (κ3) is 2.46. The van der Waals surface area contributed by atoms with Gasteiger partial charge in [0.25, 0.3) is 0 Å². The number of carbonyl (C=O) groups is 1. The summed E-state index contributed by atoms with van der Waals surface area (Å²) in [5.41, 5.74) is 0. The molecule has 0 radical (unpaired) electrons. The maximum Gasteiger partial charge on any atom is 0.140 e. The molecular weight excluding hydrogens is 188 g/mol. The van der Waals surface area contributed by atoms with Gasteiger partial charge >= 0.3 is 0 Å². The van der Waals surface area contributed by atoms with E-state index in [2.05, 4.69) is 11.9 Å². The van der Waals surface area contributed by atoms with Crippen LogP contribution in [0.25, 0.3) is 0 Å². The predicted molar refractivity (Wildman–Crippen MR) is 58.6 cm³/mol.